The third-order valence-corrected chi connectivity index (χ3v) is 2.20. The van der Waals surface area contributed by atoms with Crippen LogP contribution in [0.3, 0.4) is 0 Å². The number of aromatic amines is 1. The number of H-pyrrole nitrogens is 1. The zero-order valence-corrected chi connectivity index (χ0v) is 8.10. The second-order valence-electron chi connectivity index (χ2n) is 3.21. The van der Waals surface area contributed by atoms with Gasteiger partial charge in [0.15, 0.2) is 0 Å². The predicted molar refractivity (Wildman–Crippen MR) is 55.4 cm³/mol. The molecular weight excluding hydrogens is 194 g/mol. The Hall–Kier alpha value is -2.17. The average Bonchev–Trinajstić information content (AvgIpc) is 2.71. The van der Waals surface area contributed by atoms with E-state index in [1.54, 1.807) is 25.5 Å². The van der Waals surface area contributed by atoms with Gasteiger partial charge < -0.3 is 4.98 Å². The lowest BCUT2D eigenvalue weighted by Crippen LogP contribution is -1.92. The summed E-state index contributed by atoms with van der Waals surface area (Å²) in [5, 5.41) is 10.7. The van der Waals surface area contributed by atoms with Gasteiger partial charge in [-0.3, -0.25) is 10.1 Å². The number of nitrogens with zero attached hydrogens (tertiary/aromatic N) is 2. The summed E-state index contributed by atoms with van der Waals surface area (Å²) in [5.41, 5.74) is 2.22. The van der Waals surface area contributed by atoms with Gasteiger partial charge in [-0.1, -0.05) is 12.1 Å². The van der Waals surface area contributed by atoms with Crippen molar-refractivity contribution >= 4 is 5.69 Å². The molecule has 15 heavy (non-hydrogen) atoms. The lowest BCUT2D eigenvalue weighted by molar-refractivity contribution is -0.385. The van der Waals surface area contributed by atoms with Crippen molar-refractivity contribution in [3.05, 3.63) is 46.4 Å². The fourth-order valence-corrected chi connectivity index (χ4v) is 1.38. The van der Waals surface area contributed by atoms with Gasteiger partial charge in [-0.2, -0.15) is 0 Å². The van der Waals surface area contributed by atoms with E-state index in [1.807, 2.05) is 6.07 Å². The van der Waals surface area contributed by atoms with Crippen LogP contribution in [0.2, 0.25) is 0 Å². The minimum atomic E-state index is -0.383. The van der Waals surface area contributed by atoms with Crippen LogP contribution in [0.4, 0.5) is 5.69 Å². The molecule has 0 radical (unpaired) electrons. The molecule has 0 saturated heterocycles. The summed E-state index contributed by atoms with van der Waals surface area (Å²) in [6.07, 6.45) is 3.25. The van der Waals surface area contributed by atoms with E-state index in [9.17, 15) is 10.1 Å². The monoisotopic (exact) mass is 203 g/mol. The molecule has 0 unspecified atom stereocenters. The first kappa shape index (κ1) is 9.39. The molecule has 1 aromatic heterocycles. The van der Waals surface area contributed by atoms with Gasteiger partial charge in [0, 0.05) is 23.4 Å². The van der Waals surface area contributed by atoms with Crippen molar-refractivity contribution in [2.24, 2.45) is 0 Å². The number of hydrogen-bond donors (Lipinski definition) is 1. The lowest BCUT2D eigenvalue weighted by atomic mass is 10.1. The third-order valence-electron chi connectivity index (χ3n) is 2.20. The van der Waals surface area contributed by atoms with Crippen molar-refractivity contribution in [2.75, 3.05) is 0 Å². The van der Waals surface area contributed by atoms with E-state index in [4.69, 9.17) is 0 Å². The van der Waals surface area contributed by atoms with Crippen molar-refractivity contribution in [2.45, 2.75) is 6.92 Å². The molecule has 0 atom stereocenters. The minimum Gasteiger partial charge on any atom is -0.351 e. The highest BCUT2D eigenvalue weighted by Crippen LogP contribution is 2.24. The van der Waals surface area contributed by atoms with E-state index < -0.39 is 0 Å². The van der Waals surface area contributed by atoms with Crippen molar-refractivity contribution in [3.8, 4) is 11.3 Å². The average molecular weight is 203 g/mol. The fraction of sp³-hybridized carbons (Fsp3) is 0.100. The van der Waals surface area contributed by atoms with Crippen LogP contribution in [-0.4, -0.2) is 14.9 Å². The van der Waals surface area contributed by atoms with Crippen molar-refractivity contribution in [3.63, 3.8) is 0 Å². The molecule has 1 N–H and O–H groups in total. The van der Waals surface area contributed by atoms with E-state index in [1.165, 1.54) is 6.07 Å². The lowest BCUT2D eigenvalue weighted by Gasteiger charge is -1.99. The quantitative estimate of drug-likeness (QED) is 0.601. The summed E-state index contributed by atoms with van der Waals surface area (Å²) in [6, 6.07) is 5.08. The molecule has 2 aromatic rings. The maximum atomic E-state index is 10.7. The first-order valence-electron chi connectivity index (χ1n) is 4.42. The smallest absolute Gasteiger partial charge is 0.272 e. The molecule has 1 aromatic carbocycles. The first-order chi connectivity index (χ1) is 7.18. The van der Waals surface area contributed by atoms with Crippen LogP contribution in [0.1, 0.15) is 5.56 Å². The molecule has 0 aliphatic rings. The van der Waals surface area contributed by atoms with Crippen molar-refractivity contribution in [1.82, 2.24) is 9.97 Å². The van der Waals surface area contributed by atoms with E-state index in [2.05, 4.69) is 9.97 Å². The number of benzene rings is 1. The zero-order valence-electron chi connectivity index (χ0n) is 8.10. The van der Waals surface area contributed by atoms with Gasteiger partial charge in [0.1, 0.15) is 0 Å². The largest absolute Gasteiger partial charge is 0.351 e. The Bertz CT molecular complexity index is 491. The zero-order chi connectivity index (χ0) is 10.8. The van der Waals surface area contributed by atoms with Gasteiger partial charge in [0.2, 0.25) is 0 Å². The summed E-state index contributed by atoms with van der Waals surface area (Å²) in [5.74, 6) is 0. The Morgan fingerprint density at radius 2 is 2.27 bits per heavy atom. The fourth-order valence-electron chi connectivity index (χ4n) is 1.38. The van der Waals surface area contributed by atoms with Crippen molar-refractivity contribution in [1.29, 1.82) is 0 Å². The number of aromatic nitrogens is 2. The van der Waals surface area contributed by atoms with Gasteiger partial charge in [0.05, 0.1) is 16.9 Å². The highest BCUT2D eigenvalue weighted by molar-refractivity contribution is 5.63. The van der Waals surface area contributed by atoms with Gasteiger partial charge in [-0.25, -0.2) is 4.98 Å². The molecular formula is C10H9N3O2. The van der Waals surface area contributed by atoms with Crippen LogP contribution >= 0.6 is 0 Å². The molecule has 0 spiro atoms. The summed E-state index contributed by atoms with van der Waals surface area (Å²) in [7, 11) is 0. The SMILES string of the molecule is Cc1ccc(-c2c[nH]cn2)cc1[N+](=O)[O-]. The summed E-state index contributed by atoms with van der Waals surface area (Å²) >= 11 is 0. The van der Waals surface area contributed by atoms with Gasteiger partial charge in [-0.05, 0) is 6.92 Å². The molecule has 2 rings (SSSR count). The number of nitro groups is 1. The highest BCUT2D eigenvalue weighted by atomic mass is 16.6. The standard InChI is InChI=1S/C10H9N3O2/c1-7-2-3-8(4-10(7)13(14)15)9-5-11-6-12-9/h2-6H,1H3,(H,11,12). The van der Waals surface area contributed by atoms with E-state index >= 15 is 0 Å². The second-order valence-corrected chi connectivity index (χ2v) is 3.21. The Morgan fingerprint density at radius 1 is 1.47 bits per heavy atom. The summed E-state index contributed by atoms with van der Waals surface area (Å²) in [4.78, 5) is 17.2. The van der Waals surface area contributed by atoms with E-state index in [-0.39, 0.29) is 10.6 Å². The van der Waals surface area contributed by atoms with Crippen LogP contribution < -0.4 is 0 Å². The molecule has 1 heterocycles. The summed E-state index contributed by atoms with van der Waals surface area (Å²) < 4.78 is 0. The Kier molecular flexibility index (Phi) is 2.21. The molecule has 0 saturated carbocycles. The van der Waals surface area contributed by atoms with Crippen molar-refractivity contribution < 1.29 is 4.92 Å². The topological polar surface area (TPSA) is 71.8 Å². The first-order valence-corrected chi connectivity index (χ1v) is 4.42. The maximum absolute atomic E-state index is 10.7. The van der Waals surface area contributed by atoms with Gasteiger partial charge in [-0.15, -0.1) is 0 Å². The van der Waals surface area contributed by atoms with Crippen LogP contribution in [0.15, 0.2) is 30.7 Å². The van der Waals surface area contributed by atoms with Gasteiger partial charge >= 0.3 is 0 Å². The number of aryl methyl sites for hydroxylation is 1. The molecule has 0 aliphatic heterocycles. The van der Waals surface area contributed by atoms with Crippen LogP contribution in [0, 0.1) is 17.0 Å². The van der Waals surface area contributed by atoms with Crippen LogP contribution in [-0.2, 0) is 0 Å². The normalized spacial score (nSPS) is 10.2. The third kappa shape index (κ3) is 1.71. The van der Waals surface area contributed by atoms with Gasteiger partial charge in [0.25, 0.3) is 5.69 Å². The highest BCUT2D eigenvalue weighted by Gasteiger charge is 2.12. The second kappa shape index (κ2) is 3.53. The molecule has 0 fully saturated rings. The van der Waals surface area contributed by atoms with Crippen LogP contribution in [0.25, 0.3) is 11.3 Å². The molecule has 0 aliphatic carbocycles. The predicted octanol–water partition coefficient (Wildman–Crippen LogP) is 2.29. The number of rotatable bonds is 2. The summed E-state index contributed by atoms with van der Waals surface area (Å²) in [6.45, 7) is 1.71. The molecule has 76 valence electrons. The van der Waals surface area contributed by atoms with E-state index in [0.717, 1.165) is 5.56 Å². The number of nitro benzene ring substituents is 1. The van der Waals surface area contributed by atoms with E-state index in [0.29, 0.717) is 11.3 Å². The number of imidazole rings is 1. The van der Waals surface area contributed by atoms with Crippen LogP contribution in [0.5, 0.6) is 0 Å². The Morgan fingerprint density at radius 3 is 2.87 bits per heavy atom. The molecule has 5 nitrogen and oxygen atoms in total. The molecule has 0 bridgehead atoms. The Balaban J connectivity index is 2.52. The maximum Gasteiger partial charge on any atom is 0.272 e. The molecule has 5 heteroatoms. The Labute approximate surface area is 85.9 Å². The number of nitrogens with one attached hydrogen (secondary N) is 1. The number of hydrogen-bond acceptors (Lipinski definition) is 3. The molecule has 0 amide bonds. The minimum absolute atomic E-state index is 0.121.